The van der Waals surface area contributed by atoms with Crippen LogP contribution >= 0.6 is 0 Å². The fraction of sp³-hybridized carbons (Fsp3) is 0.429. The summed E-state index contributed by atoms with van der Waals surface area (Å²) < 4.78 is 0. The molecule has 2 rings (SSSR count). The van der Waals surface area contributed by atoms with Crippen LogP contribution in [0.2, 0.25) is 0 Å². The van der Waals surface area contributed by atoms with Crippen LogP contribution in [0.15, 0.2) is 18.6 Å². The van der Waals surface area contributed by atoms with Crippen molar-refractivity contribution in [1.29, 1.82) is 0 Å². The highest BCUT2D eigenvalue weighted by Crippen LogP contribution is 2.16. The van der Waals surface area contributed by atoms with E-state index in [1.807, 2.05) is 20.8 Å². The summed E-state index contributed by atoms with van der Waals surface area (Å²) in [4.78, 5) is 21.0. The Morgan fingerprint density at radius 1 is 1.38 bits per heavy atom. The molecular weight excluding hydrogens is 268 g/mol. The van der Waals surface area contributed by atoms with Crippen LogP contribution in [0, 0.1) is 0 Å². The second kappa shape index (κ2) is 6.83. The molecule has 2 aromatic heterocycles. The Hall–Kier alpha value is -2.44. The first-order valence-electron chi connectivity index (χ1n) is 6.98. The van der Waals surface area contributed by atoms with E-state index in [0.717, 1.165) is 5.56 Å². The Morgan fingerprint density at radius 3 is 2.81 bits per heavy atom. The highest BCUT2D eigenvalue weighted by atomic mass is 16.1. The predicted molar refractivity (Wildman–Crippen MR) is 80.0 cm³/mol. The van der Waals surface area contributed by atoms with Crippen molar-refractivity contribution in [3.05, 3.63) is 35.7 Å². The Kier molecular flexibility index (Phi) is 4.86. The van der Waals surface area contributed by atoms with Crippen LogP contribution in [0.25, 0.3) is 0 Å². The van der Waals surface area contributed by atoms with Crippen molar-refractivity contribution in [2.75, 3.05) is 11.9 Å². The molecule has 3 N–H and O–H groups in total. The largest absolute Gasteiger partial charge is 0.382 e. The number of aromatic amines is 1. The number of rotatable bonds is 6. The highest BCUT2D eigenvalue weighted by molar-refractivity contribution is 5.97. The normalized spacial score (nSPS) is 10.7. The van der Waals surface area contributed by atoms with E-state index in [2.05, 4.69) is 30.8 Å². The maximum Gasteiger partial charge on any atom is 0.272 e. The fourth-order valence-electron chi connectivity index (χ4n) is 1.81. The summed E-state index contributed by atoms with van der Waals surface area (Å²) in [6.07, 6.45) is 5.08. The van der Waals surface area contributed by atoms with E-state index in [-0.39, 0.29) is 11.8 Å². The molecule has 0 spiro atoms. The first kappa shape index (κ1) is 15.0. The first-order valence-corrected chi connectivity index (χ1v) is 6.98. The third-order valence-electron chi connectivity index (χ3n) is 2.91. The molecule has 0 atom stereocenters. The van der Waals surface area contributed by atoms with Crippen molar-refractivity contribution < 1.29 is 4.79 Å². The number of hydrogen-bond acceptors (Lipinski definition) is 5. The van der Waals surface area contributed by atoms with Crippen LogP contribution in [0.4, 0.5) is 5.69 Å². The van der Waals surface area contributed by atoms with Crippen LogP contribution in [0.5, 0.6) is 0 Å². The molecule has 112 valence electrons. The number of carbonyl (C=O) groups is 1. The van der Waals surface area contributed by atoms with Gasteiger partial charge in [0.1, 0.15) is 5.82 Å². The van der Waals surface area contributed by atoms with E-state index in [1.54, 1.807) is 18.6 Å². The van der Waals surface area contributed by atoms with E-state index in [9.17, 15) is 4.79 Å². The zero-order valence-corrected chi connectivity index (χ0v) is 12.5. The Labute approximate surface area is 123 Å². The lowest BCUT2D eigenvalue weighted by Gasteiger charge is -2.12. The summed E-state index contributed by atoms with van der Waals surface area (Å²) in [5.41, 5.74) is 1.93. The van der Waals surface area contributed by atoms with Gasteiger partial charge in [-0.2, -0.15) is 5.10 Å². The average molecular weight is 288 g/mol. The molecule has 2 heterocycles. The lowest BCUT2D eigenvalue weighted by Crippen LogP contribution is -2.26. The third kappa shape index (κ3) is 3.77. The van der Waals surface area contributed by atoms with E-state index in [4.69, 9.17) is 0 Å². The molecule has 0 aromatic carbocycles. The zero-order chi connectivity index (χ0) is 15.2. The smallest absolute Gasteiger partial charge is 0.272 e. The number of aromatic nitrogens is 4. The molecule has 7 nitrogen and oxygen atoms in total. The fourth-order valence-corrected chi connectivity index (χ4v) is 1.81. The molecule has 0 fully saturated rings. The van der Waals surface area contributed by atoms with Crippen LogP contribution in [0.3, 0.4) is 0 Å². The number of amides is 1. The SMILES string of the molecule is CCNc1cnc(C(C)C)nc1C(=O)NCc1cn[nH]c1. The van der Waals surface area contributed by atoms with Crippen molar-refractivity contribution in [3.8, 4) is 0 Å². The van der Waals surface area contributed by atoms with Crippen LogP contribution < -0.4 is 10.6 Å². The molecule has 0 saturated heterocycles. The van der Waals surface area contributed by atoms with Crippen molar-refractivity contribution in [3.63, 3.8) is 0 Å². The molecule has 0 aliphatic carbocycles. The van der Waals surface area contributed by atoms with Gasteiger partial charge in [0.05, 0.1) is 18.1 Å². The lowest BCUT2D eigenvalue weighted by atomic mass is 10.2. The molecule has 0 unspecified atom stereocenters. The standard InChI is InChI=1S/C14H20N6O/c1-4-15-11-8-16-13(9(2)3)20-12(11)14(21)17-5-10-6-18-19-7-10/h6-9,15H,4-5H2,1-3H3,(H,17,21)(H,18,19). The molecule has 2 aromatic rings. The van der Waals surface area contributed by atoms with Gasteiger partial charge in [-0.25, -0.2) is 9.97 Å². The van der Waals surface area contributed by atoms with Crippen molar-refractivity contribution in [2.45, 2.75) is 33.2 Å². The molecule has 0 aliphatic rings. The van der Waals surface area contributed by atoms with Gasteiger partial charge in [0.2, 0.25) is 0 Å². The number of nitrogens with zero attached hydrogens (tertiary/aromatic N) is 3. The van der Waals surface area contributed by atoms with E-state index >= 15 is 0 Å². The van der Waals surface area contributed by atoms with Crippen LogP contribution in [-0.4, -0.2) is 32.6 Å². The second-order valence-electron chi connectivity index (χ2n) is 4.96. The number of hydrogen-bond donors (Lipinski definition) is 3. The maximum absolute atomic E-state index is 12.3. The van der Waals surface area contributed by atoms with Gasteiger partial charge in [-0.3, -0.25) is 9.89 Å². The van der Waals surface area contributed by atoms with Gasteiger partial charge >= 0.3 is 0 Å². The van der Waals surface area contributed by atoms with Gasteiger partial charge in [-0.15, -0.1) is 0 Å². The van der Waals surface area contributed by atoms with Gasteiger partial charge in [-0.1, -0.05) is 13.8 Å². The lowest BCUT2D eigenvalue weighted by molar-refractivity contribution is 0.0946. The summed E-state index contributed by atoms with van der Waals surface area (Å²) in [7, 11) is 0. The van der Waals surface area contributed by atoms with Crippen molar-refractivity contribution in [2.24, 2.45) is 0 Å². The van der Waals surface area contributed by atoms with Gasteiger partial charge in [0.25, 0.3) is 5.91 Å². The second-order valence-corrected chi connectivity index (χ2v) is 4.96. The molecule has 0 saturated carbocycles. The van der Waals surface area contributed by atoms with Crippen molar-refractivity contribution in [1.82, 2.24) is 25.5 Å². The van der Waals surface area contributed by atoms with E-state index < -0.39 is 0 Å². The minimum absolute atomic E-state index is 0.168. The number of carbonyl (C=O) groups excluding carboxylic acids is 1. The summed E-state index contributed by atoms with van der Waals surface area (Å²) in [6.45, 7) is 7.06. The molecule has 0 aliphatic heterocycles. The summed E-state index contributed by atoms with van der Waals surface area (Å²) in [5, 5.41) is 12.5. The maximum atomic E-state index is 12.3. The van der Waals surface area contributed by atoms with Gasteiger partial charge in [0.15, 0.2) is 5.69 Å². The monoisotopic (exact) mass is 288 g/mol. The molecule has 0 radical (unpaired) electrons. The molecule has 21 heavy (non-hydrogen) atoms. The zero-order valence-electron chi connectivity index (χ0n) is 12.5. The van der Waals surface area contributed by atoms with Crippen LogP contribution in [-0.2, 0) is 6.54 Å². The number of anilines is 1. The molecule has 1 amide bonds. The predicted octanol–water partition coefficient (Wildman–Crippen LogP) is 1.68. The van der Waals surface area contributed by atoms with E-state index in [1.165, 1.54) is 0 Å². The van der Waals surface area contributed by atoms with Crippen LogP contribution in [0.1, 0.15) is 48.6 Å². The Morgan fingerprint density at radius 2 is 2.19 bits per heavy atom. The quantitative estimate of drug-likeness (QED) is 0.751. The van der Waals surface area contributed by atoms with Gasteiger partial charge in [0, 0.05) is 30.8 Å². The number of nitrogens with one attached hydrogen (secondary N) is 3. The molecular formula is C14H20N6O. The van der Waals surface area contributed by atoms with Crippen molar-refractivity contribution >= 4 is 11.6 Å². The summed E-state index contributed by atoms with van der Waals surface area (Å²) in [5.74, 6) is 0.600. The Bertz CT molecular complexity index is 594. The first-order chi connectivity index (χ1) is 10.1. The highest BCUT2D eigenvalue weighted by Gasteiger charge is 2.16. The van der Waals surface area contributed by atoms with E-state index in [0.29, 0.717) is 30.3 Å². The minimum Gasteiger partial charge on any atom is -0.382 e. The topological polar surface area (TPSA) is 95.6 Å². The third-order valence-corrected chi connectivity index (χ3v) is 2.91. The minimum atomic E-state index is -0.226. The van der Waals surface area contributed by atoms with Gasteiger partial charge < -0.3 is 10.6 Å². The summed E-state index contributed by atoms with van der Waals surface area (Å²) >= 11 is 0. The molecule has 0 bridgehead atoms. The number of H-pyrrole nitrogens is 1. The average Bonchev–Trinajstić information content (AvgIpc) is 2.98. The summed E-state index contributed by atoms with van der Waals surface area (Å²) in [6, 6.07) is 0. The molecule has 7 heteroatoms. The Balaban J connectivity index is 2.18. The van der Waals surface area contributed by atoms with Gasteiger partial charge in [-0.05, 0) is 6.92 Å².